The molecule has 1 aromatic heterocycles. The molecule has 0 saturated carbocycles. The zero-order chi connectivity index (χ0) is 15.6. The Kier molecular flexibility index (Phi) is 9.20. The maximum atomic E-state index is 5.68. The molecule has 0 atom stereocenters. The van der Waals surface area contributed by atoms with Gasteiger partial charge in [-0.05, 0) is 37.6 Å². The fourth-order valence-corrected chi connectivity index (χ4v) is 1.91. The highest BCUT2D eigenvalue weighted by Gasteiger charge is 2.00. The average molecular weight is 429 g/mol. The van der Waals surface area contributed by atoms with Crippen LogP contribution in [0.15, 0.2) is 52.1 Å². The maximum absolute atomic E-state index is 5.68. The topological polar surface area (TPSA) is 58.8 Å². The molecule has 0 bridgehead atoms. The molecule has 0 aliphatic carbocycles. The summed E-state index contributed by atoms with van der Waals surface area (Å²) in [4.78, 5) is 4.16. The van der Waals surface area contributed by atoms with Crippen molar-refractivity contribution in [1.29, 1.82) is 0 Å². The standard InChI is InChI=1S/C17H23N3O2.HI/c1-14-6-8-15(9-7-14)21-12-4-10-19-17(18-2)20-13-16-5-3-11-22-16;/h3,5-9,11H,4,10,12-13H2,1-2H3,(H2,18,19,20);1H. The SMILES string of the molecule is CN=C(NCCCOc1ccc(C)cc1)NCc1ccco1.I. The summed E-state index contributed by atoms with van der Waals surface area (Å²) in [6, 6.07) is 11.9. The van der Waals surface area contributed by atoms with Gasteiger partial charge in [-0.15, -0.1) is 24.0 Å². The van der Waals surface area contributed by atoms with Crippen molar-refractivity contribution >= 4 is 29.9 Å². The summed E-state index contributed by atoms with van der Waals surface area (Å²) in [7, 11) is 1.75. The second-order valence-electron chi connectivity index (χ2n) is 4.95. The van der Waals surface area contributed by atoms with E-state index in [1.165, 1.54) is 5.56 Å². The van der Waals surface area contributed by atoms with Crippen molar-refractivity contribution in [3.63, 3.8) is 0 Å². The van der Waals surface area contributed by atoms with Crippen molar-refractivity contribution in [2.24, 2.45) is 4.99 Å². The minimum Gasteiger partial charge on any atom is -0.494 e. The highest BCUT2D eigenvalue weighted by atomic mass is 127. The van der Waals surface area contributed by atoms with Gasteiger partial charge in [0.05, 0.1) is 19.4 Å². The third-order valence-corrected chi connectivity index (χ3v) is 3.14. The smallest absolute Gasteiger partial charge is 0.191 e. The van der Waals surface area contributed by atoms with Crippen LogP contribution in [0.2, 0.25) is 0 Å². The molecule has 0 saturated heterocycles. The molecule has 1 aromatic carbocycles. The summed E-state index contributed by atoms with van der Waals surface area (Å²) in [6.45, 7) is 4.15. The van der Waals surface area contributed by atoms with Crippen LogP contribution in [0, 0.1) is 6.92 Å². The van der Waals surface area contributed by atoms with Crippen LogP contribution in [-0.2, 0) is 6.54 Å². The van der Waals surface area contributed by atoms with Gasteiger partial charge in [0.15, 0.2) is 5.96 Å². The number of hydrogen-bond acceptors (Lipinski definition) is 3. The Morgan fingerprint density at radius 3 is 2.61 bits per heavy atom. The van der Waals surface area contributed by atoms with Gasteiger partial charge in [0, 0.05) is 13.6 Å². The van der Waals surface area contributed by atoms with Gasteiger partial charge in [0.25, 0.3) is 0 Å². The van der Waals surface area contributed by atoms with Gasteiger partial charge in [-0.2, -0.15) is 0 Å². The number of ether oxygens (including phenoxy) is 1. The number of benzene rings is 1. The van der Waals surface area contributed by atoms with E-state index in [0.29, 0.717) is 13.2 Å². The summed E-state index contributed by atoms with van der Waals surface area (Å²) < 4.78 is 10.9. The number of hydrogen-bond donors (Lipinski definition) is 2. The van der Waals surface area contributed by atoms with Crippen molar-refractivity contribution < 1.29 is 9.15 Å². The van der Waals surface area contributed by atoms with Crippen molar-refractivity contribution in [3.8, 4) is 5.75 Å². The van der Waals surface area contributed by atoms with Crippen LogP contribution < -0.4 is 15.4 Å². The number of aliphatic imine (C=N–C) groups is 1. The Bertz CT molecular complexity index is 568. The lowest BCUT2D eigenvalue weighted by molar-refractivity contribution is 0.311. The first-order chi connectivity index (χ1) is 10.8. The monoisotopic (exact) mass is 429 g/mol. The van der Waals surface area contributed by atoms with Gasteiger partial charge in [0.2, 0.25) is 0 Å². The number of guanidine groups is 1. The molecule has 0 radical (unpaired) electrons. The van der Waals surface area contributed by atoms with E-state index >= 15 is 0 Å². The normalized spacial score (nSPS) is 10.8. The minimum atomic E-state index is 0. The van der Waals surface area contributed by atoms with Crippen LogP contribution in [0.3, 0.4) is 0 Å². The van der Waals surface area contributed by atoms with Crippen molar-refractivity contribution in [2.45, 2.75) is 19.9 Å². The molecule has 1 heterocycles. The fourth-order valence-electron chi connectivity index (χ4n) is 1.91. The molecular weight excluding hydrogens is 405 g/mol. The Morgan fingerprint density at radius 1 is 1.17 bits per heavy atom. The molecule has 5 nitrogen and oxygen atoms in total. The number of nitrogens with one attached hydrogen (secondary N) is 2. The molecule has 2 aromatic rings. The average Bonchev–Trinajstić information content (AvgIpc) is 3.05. The van der Waals surface area contributed by atoms with Crippen LogP contribution >= 0.6 is 24.0 Å². The van der Waals surface area contributed by atoms with E-state index in [-0.39, 0.29) is 24.0 Å². The van der Waals surface area contributed by atoms with Crippen molar-refractivity contribution in [3.05, 3.63) is 54.0 Å². The third kappa shape index (κ3) is 7.40. The summed E-state index contributed by atoms with van der Waals surface area (Å²) in [6.07, 6.45) is 2.56. The summed E-state index contributed by atoms with van der Waals surface area (Å²) >= 11 is 0. The fraction of sp³-hybridized carbons (Fsp3) is 0.353. The molecule has 6 heteroatoms. The van der Waals surface area contributed by atoms with Crippen LogP contribution in [0.4, 0.5) is 0 Å². The Balaban J connectivity index is 0.00000264. The van der Waals surface area contributed by atoms with Gasteiger partial charge in [0.1, 0.15) is 11.5 Å². The lowest BCUT2D eigenvalue weighted by Gasteiger charge is -2.11. The quantitative estimate of drug-likeness (QED) is 0.307. The van der Waals surface area contributed by atoms with Gasteiger partial charge < -0.3 is 19.8 Å². The number of nitrogens with zero attached hydrogens (tertiary/aromatic N) is 1. The first-order valence-corrected chi connectivity index (χ1v) is 7.44. The summed E-state index contributed by atoms with van der Waals surface area (Å²) in [5, 5.41) is 6.44. The Hall–Kier alpha value is -1.70. The molecule has 23 heavy (non-hydrogen) atoms. The Morgan fingerprint density at radius 2 is 1.96 bits per heavy atom. The number of aryl methyl sites for hydroxylation is 1. The van der Waals surface area contributed by atoms with E-state index in [2.05, 4.69) is 22.5 Å². The third-order valence-electron chi connectivity index (χ3n) is 3.14. The van der Waals surface area contributed by atoms with E-state index in [1.54, 1.807) is 13.3 Å². The summed E-state index contributed by atoms with van der Waals surface area (Å²) in [5.41, 5.74) is 1.24. The van der Waals surface area contributed by atoms with E-state index in [1.807, 2.05) is 36.4 Å². The van der Waals surface area contributed by atoms with Crippen LogP contribution in [0.1, 0.15) is 17.7 Å². The van der Waals surface area contributed by atoms with E-state index in [4.69, 9.17) is 9.15 Å². The summed E-state index contributed by atoms with van der Waals surface area (Å²) in [5.74, 6) is 2.54. The number of rotatable bonds is 7. The van der Waals surface area contributed by atoms with E-state index in [0.717, 1.165) is 30.4 Å². The molecule has 0 aliphatic rings. The van der Waals surface area contributed by atoms with E-state index < -0.39 is 0 Å². The molecule has 0 amide bonds. The van der Waals surface area contributed by atoms with E-state index in [9.17, 15) is 0 Å². The van der Waals surface area contributed by atoms with Crippen LogP contribution in [-0.4, -0.2) is 26.2 Å². The molecule has 126 valence electrons. The minimum absolute atomic E-state index is 0. The zero-order valence-corrected chi connectivity index (χ0v) is 15.9. The molecule has 0 fully saturated rings. The van der Waals surface area contributed by atoms with Gasteiger partial charge in [-0.1, -0.05) is 17.7 Å². The first-order valence-electron chi connectivity index (χ1n) is 7.44. The maximum Gasteiger partial charge on any atom is 0.191 e. The molecule has 2 N–H and O–H groups in total. The molecule has 0 spiro atoms. The number of halogens is 1. The lowest BCUT2D eigenvalue weighted by Crippen LogP contribution is -2.37. The molecule has 0 unspecified atom stereocenters. The van der Waals surface area contributed by atoms with Crippen LogP contribution in [0.5, 0.6) is 5.75 Å². The van der Waals surface area contributed by atoms with Crippen molar-refractivity contribution in [2.75, 3.05) is 20.2 Å². The highest BCUT2D eigenvalue weighted by Crippen LogP contribution is 2.11. The molecule has 2 rings (SSSR count). The van der Waals surface area contributed by atoms with Crippen molar-refractivity contribution in [1.82, 2.24) is 10.6 Å². The molecular formula is C17H24IN3O2. The van der Waals surface area contributed by atoms with Gasteiger partial charge in [-0.25, -0.2) is 0 Å². The van der Waals surface area contributed by atoms with Gasteiger partial charge >= 0.3 is 0 Å². The second kappa shape index (κ2) is 10.9. The Labute approximate surface area is 154 Å². The van der Waals surface area contributed by atoms with Gasteiger partial charge in [-0.3, -0.25) is 4.99 Å². The lowest BCUT2D eigenvalue weighted by atomic mass is 10.2. The predicted octanol–water partition coefficient (Wildman–Crippen LogP) is 3.34. The number of furan rings is 1. The largest absolute Gasteiger partial charge is 0.494 e. The first kappa shape index (κ1) is 19.3. The van der Waals surface area contributed by atoms with Crippen LogP contribution in [0.25, 0.3) is 0 Å². The predicted molar refractivity (Wildman–Crippen MR) is 104 cm³/mol. The second-order valence-corrected chi connectivity index (χ2v) is 4.95. The molecule has 0 aliphatic heterocycles. The highest BCUT2D eigenvalue weighted by molar-refractivity contribution is 14.0. The zero-order valence-electron chi connectivity index (χ0n) is 13.5.